The van der Waals surface area contributed by atoms with Crippen molar-refractivity contribution in [2.75, 3.05) is 6.54 Å². The first-order valence-electron chi connectivity index (χ1n) is 5.37. The van der Waals surface area contributed by atoms with Gasteiger partial charge in [0.1, 0.15) is 5.82 Å². The van der Waals surface area contributed by atoms with Crippen LogP contribution in [0.3, 0.4) is 0 Å². The fourth-order valence-electron chi connectivity index (χ4n) is 1.39. The van der Waals surface area contributed by atoms with Crippen molar-refractivity contribution < 1.29 is 0 Å². The summed E-state index contributed by atoms with van der Waals surface area (Å²) in [7, 11) is 0. The van der Waals surface area contributed by atoms with Crippen LogP contribution in [0.5, 0.6) is 0 Å². The summed E-state index contributed by atoms with van der Waals surface area (Å²) in [6, 6.07) is 0. The molecule has 0 spiro atoms. The Kier molecular flexibility index (Phi) is 2.82. The number of nitrogens with zero attached hydrogens (tertiary/aromatic N) is 2. The van der Waals surface area contributed by atoms with Crippen LogP contribution in [0.15, 0.2) is 0 Å². The van der Waals surface area contributed by atoms with Crippen molar-refractivity contribution in [1.29, 1.82) is 0 Å². The number of aromatic nitrogens is 3. The number of H-pyrrole nitrogens is 1. The van der Waals surface area contributed by atoms with Crippen molar-refractivity contribution in [3.05, 3.63) is 11.6 Å². The zero-order valence-corrected chi connectivity index (χ0v) is 8.88. The quantitative estimate of drug-likeness (QED) is 0.745. The molecule has 2 rings (SSSR count). The number of aromatic amines is 1. The lowest BCUT2D eigenvalue weighted by molar-refractivity contribution is 0.543. The summed E-state index contributed by atoms with van der Waals surface area (Å²) >= 11 is 0. The Morgan fingerprint density at radius 3 is 2.93 bits per heavy atom. The van der Waals surface area contributed by atoms with Gasteiger partial charge in [-0.05, 0) is 25.3 Å². The van der Waals surface area contributed by atoms with Gasteiger partial charge in [0.25, 0.3) is 0 Å². The Labute approximate surface area is 84.5 Å². The number of rotatable bonds is 5. The van der Waals surface area contributed by atoms with E-state index < -0.39 is 0 Å². The molecular weight excluding hydrogens is 176 g/mol. The molecule has 1 aliphatic carbocycles. The molecule has 78 valence electrons. The highest BCUT2D eigenvalue weighted by atomic mass is 15.2. The minimum atomic E-state index is 0.644. The predicted octanol–water partition coefficient (Wildman–Crippen LogP) is 1.43. The Morgan fingerprint density at radius 2 is 2.29 bits per heavy atom. The largest absolute Gasteiger partial charge is 0.310 e. The SMILES string of the molecule is CC(C)CNCc1nc(C2CC2)n[nH]1. The van der Waals surface area contributed by atoms with Gasteiger partial charge in [0.15, 0.2) is 5.82 Å². The molecule has 1 heterocycles. The highest BCUT2D eigenvalue weighted by Gasteiger charge is 2.27. The van der Waals surface area contributed by atoms with Crippen molar-refractivity contribution in [2.45, 2.75) is 39.2 Å². The summed E-state index contributed by atoms with van der Waals surface area (Å²) in [5.74, 6) is 3.30. The monoisotopic (exact) mass is 194 g/mol. The second-order valence-corrected chi connectivity index (χ2v) is 4.44. The van der Waals surface area contributed by atoms with E-state index in [1.807, 2.05) is 0 Å². The van der Waals surface area contributed by atoms with Crippen LogP contribution in [0.1, 0.15) is 44.3 Å². The molecule has 4 nitrogen and oxygen atoms in total. The Balaban J connectivity index is 1.78. The van der Waals surface area contributed by atoms with Crippen LogP contribution in [0, 0.1) is 5.92 Å². The van der Waals surface area contributed by atoms with E-state index in [-0.39, 0.29) is 0 Å². The lowest BCUT2D eigenvalue weighted by Crippen LogP contribution is -2.19. The van der Waals surface area contributed by atoms with Crippen LogP contribution in [0.2, 0.25) is 0 Å². The third-order valence-electron chi connectivity index (χ3n) is 2.34. The molecule has 1 aromatic heterocycles. The van der Waals surface area contributed by atoms with Crippen molar-refractivity contribution >= 4 is 0 Å². The summed E-state index contributed by atoms with van der Waals surface area (Å²) < 4.78 is 0. The summed E-state index contributed by atoms with van der Waals surface area (Å²) in [5.41, 5.74) is 0. The molecular formula is C10H18N4. The van der Waals surface area contributed by atoms with E-state index in [9.17, 15) is 0 Å². The van der Waals surface area contributed by atoms with E-state index in [0.717, 1.165) is 24.7 Å². The second kappa shape index (κ2) is 4.09. The van der Waals surface area contributed by atoms with Crippen LogP contribution >= 0.6 is 0 Å². The van der Waals surface area contributed by atoms with Crippen LogP contribution in [-0.2, 0) is 6.54 Å². The minimum Gasteiger partial charge on any atom is -0.310 e. The molecule has 0 atom stereocenters. The van der Waals surface area contributed by atoms with Crippen molar-refractivity contribution in [3.63, 3.8) is 0 Å². The van der Waals surface area contributed by atoms with Crippen molar-refractivity contribution in [1.82, 2.24) is 20.5 Å². The first kappa shape index (κ1) is 9.65. The predicted molar refractivity (Wildman–Crippen MR) is 54.9 cm³/mol. The van der Waals surface area contributed by atoms with Gasteiger partial charge < -0.3 is 5.32 Å². The van der Waals surface area contributed by atoms with Crippen molar-refractivity contribution in [3.8, 4) is 0 Å². The number of hydrogen-bond donors (Lipinski definition) is 2. The summed E-state index contributed by atoms with van der Waals surface area (Å²) in [5, 5.41) is 10.5. The van der Waals surface area contributed by atoms with Crippen LogP contribution in [0.25, 0.3) is 0 Å². The smallest absolute Gasteiger partial charge is 0.153 e. The van der Waals surface area contributed by atoms with Gasteiger partial charge >= 0.3 is 0 Å². The normalized spacial score (nSPS) is 16.5. The molecule has 0 amide bonds. The molecule has 0 aromatic carbocycles. The molecule has 0 bridgehead atoms. The molecule has 0 aliphatic heterocycles. The first-order chi connectivity index (χ1) is 6.75. The minimum absolute atomic E-state index is 0.644. The zero-order chi connectivity index (χ0) is 9.97. The molecule has 4 heteroatoms. The maximum absolute atomic E-state index is 4.44. The molecule has 0 radical (unpaired) electrons. The van der Waals surface area contributed by atoms with E-state index in [2.05, 4.69) is 34.3 Å². The molecule has 1 aliphatic rings. The first-order valence-corrected chi connectivity index (χ1v) is 5.37. The molecule has 1 saturated carbocycles. The topological polar surface area (TPSA) is 53.6 Å². The second-order valence-electron chi connectivity index (χ2n) is 4.44. The summed E-state index contributed by atoms with van der Waals surface area (Å²) in [4.78, 5) is 4.44. The van der Waals surface area contributed by atoms with Gasteiger partial charge in [-0.15, -0.1) is 0 Å². The van der Waals surface area contributed by atoms with Gasteiger partial charge in [0.05, 0.1) is 6.54 Å². The third kappa shape index (κ3) is 2.54. The van der Waals surface area contributed by atoms with Gasteiger partial charge in [0.2, 0.25) is 0 Å². The van der Waals surface area contributed by atoms with E-state index in [1.165, 1.54) is 12.8 Å². The molecule has 0 unspecified atom stereocenters. The van der Waals surface area contributed by atoms with Crippen LogP contribution in [-0.4, -0.2) is 21.7 Å². The maximum atomic E-state index is 4.44. The van der Waals surface area contributed by atoms with E-state index in [1.54, 1.807) is 0 Å². The molecule has 1 aromatic rings. The molecule has 2 N–H and O–H groups in total. The Bertz CT molecular complexity index is 288. The van der Waals surface area contributed by atoms with Gasteiger partial charge in [-0.25, -0.2) is 4.98 Å². The highest BCUT2D eigenvalue weighted by Crippen LogP contribution is 2.37. The number of hydrogen-bond acceptors (Lipinski definition) is 3. The van der Waals surface area contributed by atoms with Crippen LogP contribution in [0.4, 0.5) is 0 Å². The Morgan fingerprint density at radius 1 is 1.50 bits per heavy atom. The van der Waals surface area contributed by atoms with Gasteiger partial charge in [-0.3, -0.25) is 5.10 Å². The van der Waals surface area contributed by atoms with E-state index >= 15 is 0 Å². The van der Waals surface area contributed by atoms with Crippen molar-refractivity contribution in [2.24, 2.45) is 5.92 Å². The third-order valence-corrected chi connectivity index (χ3v) is 2.34. The lowest BCUT2D eigenvalue weighted by Gasteiger charge is -2.04. The molecule has 1 fully saturated rings. The van der Waals surface area contributed by atoms with Gasteiger partial charge in [-0.2, -0.15) is 5.10 Å². The molecule has 14 heavy (non-hydrogen) atoms. The fourth-order valence-corrected chi connectivity index (χ4v) is 1.39. The zero-order valence-electron chi connectivity index (χ0n) is 8.88. The van der Waals surface area contributed by atoms with E-state index in [4.69, 9.17) is 0 Å². The average Bonchev–Trinajstić information content (AvgIpc) is 2.87. The molecule has 0 saturated heterocycles. The summed E-state index contributed by atoms with van der Waals surface area (Å²) in [6.45, 7) is 6.23. The Hall–Kier alpha value is -0.900. The van der Waals surface area contributed by atoms with Gasteiger partial charge in [0, 0.05) is 5.92 Å². The fraction of sp³-hybridized carbons (Fsp3) is 0.800. The van der Waals surface area contributed by atoms with Gasteiger partial charge in [-0.1, -0.05) is 13.8 Å². The lowest BCUT2D eigenvalue weighted by atomic mass is 10.2. The average molecular weight is 194 g/mol. The standard InChI is InChI=1S/C10H18N4/c1-7(2)5-11-6-9-12-10(14-13-9)8-3-4-8/h7-8,11H,3-6H2,1-2H3,(H,12,13,14). The summed E-state index contributed by atoms with van der Waals surface area (Å²) in [6.07, 6.45) is 2.52. The number of nitrogens with one attached hydrogen (secondary N) is 2. The van der Waals surface area contributed by atoms with E-state index in [0.29, 0.717) is 11.8 Å². The van der Waals surface area contributed by atoms with Crippen LogP contribution < -0.4 is 5.32 Å². The maximum Gasteiger partial charge on any atom is 0.153 e. The highest BCUT2D eigenvalue weighted by molar-refractivity contribution is 5.04.